The van der Waals surface area contributed by atoms with Crippen LogP contribution in [-0.2, 0) is 5.54 Å². The average molecular weight is 512 g/mol. The zero-order valence-electron chi connectivity index (χ0n) is 17.1. The van der Waals surface area contributed by atoms with Gasteiger partial charge in [-0.05, 0) is 34.4 Å². The molecule has 0 fully saturated rings. The highest BCUT2D eigenvalue weighted by atomic mass is 35.5. The van der Waals surface area contributed by atoms with Crippen molar-refractivity contribution in [3.05, 3.63) is 108 Å². The Labute approximate surface area is 210 Å². The van der Waals surface area contributed by atoms with Crippen LogP contribution >= 0.6 is 48.0 Å². The van der Waals surface area contributed by atoms with Gasteiger partial charge >= 0.3 is 0 Å². The van der Waals surface area contributed by atoms with Crippen molar-refractivity contribution >= 4 is 59.3 Å². The van der Waals surface area contributed by atoms with E-state index >= 15 is 0 Å². The number of rotatable bonds is 3. The normalized spacial score (nSPS) is 23.3. The van der Waals surface area contributed by atoms with Gasteiger partial charge in [0.1, 0.15) is 5.66 Å². The predicted molar refractivity (Wildman–Crippen MR) is 140 cm³/mol. The van der Waals surface area contributed by atoms with Crippen molar-refractivity contribution in [1.82, 2.24) is 0 Å². The molecule has 8 N–H and O–H groups in total. The van der Waals surface area contributed by atoms with Gasteiger partial charge in [-0.1, -0.05) is 102 Å². The van der Waals surface area contributed by atoms with Crippen molar-refractivity contribution in [3.63, 3.8) is 0 Å². The first kappa shape index (κ1) is 26.5. The Balaban J connectivity index is 0.00000181. The van der Waals surface area contributed by atoms with Gasteiger partial charge in [-0.25, -0.2) is 0 Å². The second kappa shape index (κ2) is 9.62. The van der Waals surface area contributed by atoms with E-state index in [4.69, 9.17) is 46.1 Å². The molecule has 0 aliphatic heterocycles. The maximum absolute atomic E-state index is 7.13. The summed E-state index contributed by atoms with van der Waals surface area (Å²) in [5.74, 6) is -0.624. The van der Waals surface area contributed by atoms with Gasteiger partial charge in [0, 0.05) is 11.6 Å². The molecule has 1 aliphatic carbocycles. The lowest BCUT2D eigenvalue weighted by atomic mass is 9.63. The first-order valence-corrected chi connectivity index (χ1v) is 10.4. The van der Waals surface area contributed by atoms with E-state index in [9.17, 15) is 0 Å². The fourth-order valence-electron chi connectivity index (χ4n) is 4.25. The van der Waals surface area contributed by atoms with Crippen molar-refractivity contribution in [2.75, 3.05) is 5.73 Å². The lowest BCUT2D eigenvalue weighted by Crippen LogP contribution is -2.70. The molecule has 1 aliphatic rings. The summed E-state index contributed by atoms with van der Waals surface area (Å²) in [7, 11) is 0. The molecule has 0 heterocycles. The topological polar surface area (TPSA) is 104 Å². The molecule has 32 heavy (non-hydrogen) atoms. The standard InChI is InChI=1S/C24H24Cl2N4.2ClH/c25-23(26)21(17-9-5-2-6-10-17)22(28,18-11-13-19(27)14-12-18)15-20(24(23,29)30)16-7-3-1-4-8-16;;/h1-15,21H,27-30H2;2*1H. The molecule has 3 aromatic carbocycles. The fraction of sp³-hybridized carbons (Fsp3) is 0.167. The van der Waals surface area contributed by atoms with Crippen LogP contribution < -0.4 is 22.9 Å². The van der Waals surface area contributed by atoms with Crippen LogP contribution in [0.4, 0.5) is 5.69 Å². The molecule has 0 saturated carbocycles. The van der Waals surface area contributed by atoms with E-state index in [1.54, 1.807) is 12.1 Å². The Hall–Kier alpha value is -1.76. The second-order valence-corrected chi connectivity index (χ2v) is 9.20. The Morgan fingerprint density at radius 3 is 1.72 bits per heavy atom. The summed E-state index contributed by atoms with van der Waals surface area (Å²) >= 11 is 14.1. The summed E-state index contributed by atoms with van der Waals surface area (Å²) in [6, 6.07) is 26.5. The smallest absolute Gasteiger partial charge is 0.162 e. The number of nitrogen functional groups attached to an aromatic ring is 1. The quantitative estimate of drug-likeness (QED) is 0.227. The third-order valence-electron chi connectivity index (χ3n) is 5.85. The summed E-state index contributed by atoms with van der Waals surface area (Å²) in [6.07, 6.45) is 1.90. The predicted octanol–water partition coefficient (Wildman–Crippen LogP) is 4.94. The maximum atomic E-state index is 7.13. The van der Waals surface area contributed by atoms with Gasteiger partial charge in [0.15, 0.2) is 4.33 Å². The highest BCUT2D eigenvalue weighted by Crippen LogP contribution is 2.58. The number of benzene rings is 3. The van der Waals surface area contributed by atoms with Crippen LogP contribution in [0, 0.1) is 0 Å². The van der Waals surface area contributed by atoms with Crippen LogP contribution in [0.1, 0.15) is 22.6 Å². The van der Waals surface area contributed by atoms with Gasteiger partial charge in [-0.15, -0.1) is 24.8 Å². The van der Waals surface area contributed by atoms with Crippen molar-refractivity contribution in [1.29, 1.82) is 0 Å². The number of alkyl halides is 2. The molecule has 170 valence electrons. The minimum absolute atomic E-state index is 0. The Morgan fingerprint density at radius 2 is 1.19 bits per heavy atom. The lowest BCUT2D eigenvalue weighted by molar-refractivity contribution is 0.310. The SMILES string of the molecule is Cl.Cl.Nc1ccc(C2(N)C=C(c3ccccc3)C(N)(N)C(Cl)(Cl)C2c2ccccc2)cc1. The van der Waals surface area contributed by atoms with Crippen molar-refractivity contribution < 1.29 is 0 Å². The molecular formula is C24H26Cl4N4. The van der Waals surface area contributed by atoms with E-state index in [2.05, 4.69) is 0 Å². The summed E-state index contributed by atoms with van der Waals surface area (Å²) in [5, 5.41) is 0. The van der Waals surface area contributed by atoms with E-state index in [1.165, 1.54) is 0 Å². The number of anilines is 1. The molecule has 2 unspecified atom stereocenters. The van der Waals surface area contributed by atoms with Crippen LogP contribution in [-0.4, -0.2) is 10.00 Å². The maximum Gasteiger partial charge on any atom is 0.162 e. The van der Waals surface area contributed by atoms with Crippen molar-refractivity contribution in [2.45, 2.75) is 21.5 Å². The summed E-state index contributed by atoms with van der Waals surface area (Å²) in [4.78, 5) is 0. The molecule has 0 bridgehead atoms. The fourth-order valence-corrected chi connectivity index (χ4v) is 5.07. The van der Waals surface area contributed by atoms with E-state index in [-0.39, 0.29) is 24.8 Å². The Kier molecular flexibility index (Phi) is 7.96. The number of halogens is 4. The van der Waals surface area contributed by atoms with Crippen molar-refractivity contribution in [3.8, 4) is 0 Å². The van der Waals surface area contributed by atoms with Gasteiger partial charge in [-0.3, -0.25) is 0 Å². The first-order valence-electron chi connectivity index (χ1n) is 9.62. The first-order chi connectivity index (χ1) is 14.2. The summed E-state index contributed by atoms with van der Waals surface area (Å²) < 4.78 is -1.62. The van der Waals surface area contributed by atoms with Gasteiger partial charge < -0.3 is 22.9 Å². The van der Waals surface area contributed by atoms with Crippen molar-refractivity contribution in [2.24, 2.45) is 17.2 Å². The molecule has 2 atom stereocenters. The molecule has 0 amide bonds. The molecule has 8 heteroatoms. The third kappa shape index (κ3) is 4.25. The lowest BCUT2D eigenvalue weighted by Gasteiger charge is -2.54. The summed E-state index contributed by atoms with van der Waals surface area (Å²) in [6.45, 7) is 0. The molecular weight excluding hydrogens is 486 g/mol. The highest BCUT2D eigenvalue weighted by molar-refractivity contribution is 6.51. The van der Waals surface area contributed by atoms with Crippen LogP contribution in [0.2, 0.25) is 0 Å². The van der Waals surface area contributed by atoms with Gasteiger partial charge in [0.25, 0.3) is 0 Å². The third-order valence-corrected chi connectivity index (χ3v) is 6.91. The molecule has 0 aromatic heterocycles. The molecule has 0 radical (unpaired) electrons. The Morgan fingerprint density at radius 1 is 0.688 bits per heavy atom. The van der Waals surface area contributed by atoms with Crippen LogP contribution in [0.15, 0.2) is 91.0 Å². The Bertz CT molecular complexity index is 1070. The monoisotopic (exact) mass is 510 g/mol. The second-order valence-electron chi connectivity index (χ2n) is 7.81. The molecule has 3 aromatic rings. The van der Waals surface area contributed by atoms with Crippen LogP contribution in [0.3, 0.4) is 0 Å². The minimum atomic E-state index is -1.62. The van der Waals surface area contributed by atoms with E-state index < -0.39 is 21.5 Å². The van der Waals surface area contributed by atoms with Gasteiger partial charge in [0.2, 0.25) is 0 Å². The number of hydrogen-bond acceptors (Lipinski definition) is 4. The molecule has 0 spiro atoms. The van der Waals surface area contributed by atoms with E-state index in [0.717, 1.165) is 16.7 Å². The van der Waals surface area contributed by atoms with E-state index in [1.807, 2.05) is 78.9 Å². The molecule has 4 rings (SSSR count). The van der Waals surface area contributed by atoms with Gasteiger partial charge in [-0.2, -0.15) is 0 Å². The largest absolute Gasteiger partial charge is 0.399 e. The molecule has 0 saturated heterocycles. The minimum Gasteiger partial charge on any atom is -0.399 e. The van der Waals surface area contributed by atoms with E-state index in [0.29, 0.717) is 11.3 Å². The van der Waals surface area contributed by atoms with Crippen LogP contribution in [0.25, 0.3) is 5.57 Å². The number of nitrogens with two attached hydrogens (primary N) is 4. The summed E-state index contributed by atoms with van der Waals surface area (Å²) in [5.41, 5.74) is 27.4. The van der Waals surface area contributed by atoms with Crippen LogP contribution in [0.5, 0.6) is 0 Å². The average Bonchev–Trinajstić information content (AvgIpc) is 2.73. The molecule has 4 nitrogen and oxygen atoms in total. The van der Waals surface area contributed by atoms with Gasteiger partial charge in [0.05, 0.1) is 5.54 Å². The number of hydrogen-bond donors (Lipinski definition) is 4. The zero-order chi connectivity index (χ0) is 21.6. The highest BCUT2D eigenvalue weighted by Gasteiger charge is 2.62. The zero-order valence-corrected chi connectivity index (χ0v) is 20.3.